The monoisotopic (exact) mass is 509 g/mol. The van der Waals surface area contributed by atoms with Crippen molar-refractivity contribution in [3.8, 4) is 5.88 Å². The van der Waals surface area contributed by atoms with Gasteiger partial charge in [-0.3, -0.25) is 9.59 Å². The van der Waals surface area contributed by atoms with E-state index in [1.54, 1.807) is 0 Å². The van der Waals surface area contributed by atoms with Crippen molar-refractivity contribution in [1.82, 2.24) is 24.8 Å². The summed E-state index contributed by atoms with van der Waals surface area (Å²) in [6.45, 7) is 6.93. The van der Waals surface area contributed by atoms with E-state index in [1.165, 1.54) is 18.7 Å². The minimum atomic E-state index is -4.89. The average Bonchev–Trinajstić information content (AvgIpc) is 2.77. The van der Waals surface area contributed by atoms with Gasteiger partial charge in [0.1, 0.15) is 11.9 Å². The molecular formula is C23H23F4N5O4. The number of carbonyl (C=O) groups excluding carboxylic acids is 1. The predicted molar refractivity (Wildman–Crippen MR) is 119 cm³/mol. The average molecular weight is 509 g/mol. The van der Waals surface area contributed by atoms with Gasteiger partial charge in [0.2, 0.25) is 0 Å². The van der Waals surface area contributed by atoms with E-state index in [1.807, 2.05) is 13.8 Å². The number of carbonyl (C=O) groups is 1. The quantitative estimate of drug-likeness (QED) is 0.536. The van der Waals surface area contributed by atoms with Gasteiger partial charge in [0.25, 0.3) is 17.3 Å². The van der Waals surface area contributed by atoms with Gasteiger partial charge < -0.3 is 19.4 Å². The Labute approximate surface area is 202 Å². The van der Waals surface area contributed by atoms with E-state index in [4.69, 9.17) is 9.47 Å². The van der Waals surface area contributed by atoms with Gasteiger partial charge in [0, 0.05) is 24.8 Å². The first-order valence-corrected chi connectivity index (χ1v) is 11.1. The molecular weight excluding hydrogens is 486 g/mol. The molecule has 0 radical (unpaired) electrons. The maximum Gasteiger partial charge on any atom is 0.433 e. The number of hydrogen-bond donors (Lipinski definition) is 1. The van der Waals surface area contributed by atoms with Crippen molar-refractivity contribution in [3.63, 3.8) is 0 Å². The number of aromatic amines is 1. The maximum absolute atomic E-state index is 14.8. The van der Waals surface area contributed by atoms with Crippen LogP contribution in [0.4, 0.5) is 17.6 Å². The minimum Gasteiger partial charge on any atom is -0.468 e. The molecule has 192 valence electrons. The number of amides is 1. The number of ether oxygens (including phenoxy) is 2. The lowest BCUT2D eigenvalue weighted by Crippen LogP contribution is -2.48. The standard InChI is InChI=1S/C23H23F4N5O4/c1-10-8-32(9-11(2)35-10)22(34)14-5-17(24)21(28-7-14)36-12(3)15-6-16-19(29-13(4)30-20(16)33)31-18(15)23(25,26)27/h5-7,10-12H,8-9H2,1-4H3,(H,29,30,31,33). The highest BCUT2D eigenvalue weighted by Gasteiger charge is 2.38. The fourth-order valence-electron chi connectivity index (χ4n) is 4.11. The van der Waals surface area contributed by atoms with Crippen LogP contribution in [-0.4, -0.2) is 56.0 Å². The minimum absolute atomic E-state index is 0.0369. The zero-order chi connectivity index (χ0) is 26.4. The Morgan fingerprint density at radius 3 is 2.50 bits per heavy atom. The van der Waals surface area contributed by atoms with Crippen LogP contribution in [0.15, 0.2) is 23.1 Å². The van der Waals surface area contributed by atoms with Gasteiger partial charge in [-0.2, -0.15) is 13.2 Å². The van der Waals surface area contributed by atoms with Crippen LogP contribution in [-0.2, 0) is 10.9 Å². The van der Waals surface area contributed by atoms with E-state index < -0.39 is 46.7 Å². The Hall–Kier alpha value is -3.61. The van der Waals surface area contributed by atoms with E-state index in [0.29, 0.717) is 13.1 Å². The Kier molecular flexibility index (Phi) is 6.69. The molecule has 1 aliphatic rings. The lowest BCUT2D eigenvalue weighted by atomic mass is 10.1. The van der Waals surface area contributed by atoms with Gasteiger partial charge in [-0.15, -0.1) is 0 Å². The molecule has 1 fully saturated rings. The van der Waals surface area contributed by atoms with Gasteiger partial charge in [0.05, 0.1) is 23.2 Å². The number of rotatable bonds is 4. The molecule has 0 saturated carbocycles. The molecule has 1 saturated heterocycles. The van der Waals surface area contributed by atoms with Gasteiger partial charge in [-0.05, 0) is 39.8 Å². The van der Waals surface area contributed by atoms with E-state index in [0.717, 1.165) is 18.3 Å². The Balaban J connectivity index is 1.63. The molecule has 1 aliphatic heterocycles. The lowest BCUT2D eigenvalue weighted by Gasteiger charge is -2.35. The molecule has 4 heterocycles. The number of H-pyrrole nitrogens is 1. The first-order valence-electron chi connectivity index (χ1n) is 11.1. The predicted octanol–water partition coefficient (Wildman–Crippen LogP) is 3.57. The van der Waals surface area contributed by atoms with Crippen LogP contribution in [0.3, 0.4) is 0 Å². The summed E-state index contributed by atoms with van der Waals surface area (Å²) in [5.41, 5.74) is -2.90. The van der Waals surface area contributed by atoms with Crippen LogP contribution in [0.25, 0.3) is 11.0 Å². The molecule has 3 aromatic heterocycles. The second-order valence-corrected chi connectivity index (χ2v) is 8.68. The summed E-state index contributed by atoms with van der Waals surface area (Å²) in [6, 6.07) is 1.89. The number of hydrogen-bond acceptors (Lipinski definition) is 7. The Bertz CT molecular complexity index is 1370. The molecule has 1 amide bonds. The van der Waals surface area contributed by atoms with Gasteiger partial charge in [0.15, 0.2) is 17.2 Å². The second-order valence-electron chi connectivity index (χ2n) is 8.68. The van der Waals surface area contributed by atoms with Crippen molar-refractivity contribution in [2.24, 2.45) is 0 Å². The van der Waals surface area contributed by atoms with Crippen molar-refractivity contribution in [2.75, 3.05) is 13.1 Å². The van der Waals surface area contributed by atoms with Crippen LogP contribution < -0.4 is 10.3 Å². The van der Waals surface area contributed by atoms with E-state index in [-0.39, 0.29) is 34.6 Å². The molecule has 9 nitrogen and oxygen atoms in total. The SMILES string of the molecule is Cc1nc2nc(C(F)(F)F)c(C(C)Oc3ncc(C(=O)N4CC(C)OC(C)C4)cc3F)cc2c(=O)[nH]1. The number of pyridine rings is 2. The normalized spacial score (nSPS) is 19.4. The van der Waals surface area contributed by atoms with Crippen molar-refractivity contribution < 1.29 is 31.8 Å². The van der Waals surface area contributed by atoms with Crippen molar-refractivity contribution in [3.05, 3.63) is 57.1 Å². The summed E-state index contributed by atoms with van der Waals surface area (Å²) >= 11 is 0. The fraction of sp³-hybridized carbons (Fsp3) is 0.435. The topological polar surface area (TPSA) is 110 Å². The third-order valence-electron chi connectivity index (χ3n) is 5.60. The summed E-state index contributed by atoms with van der Waals surface area (Å²) in [6.07, 6.45) is -5.58. The molecule has 0 aromatic carbocycles. The summed E-state index contributed by atoms with van der Waals surface area (Å²) in [5.74, 6) is -1.98. The summed E-state index contributed by atoms with van der Waals surface area (Å²) in [5, 5.41) is -0.178. The second kappa shape index (κ2) is 9.45. The van der Waals surface area contributed by atoms with Crippen molar-refractivity contribution in [2.45, 2.75) is 52.2 Å². The third kappa shape index (κ3) is 5.15. The molecule has 3 atom stereocenters. The number of morpholine rings is 1. The summed E-state index contributed by atoms with van der Waals surface area (Å²) < 4.78 is 67.1. The van der Waals surface area contributed by atoms with Crippen LogP contribution in [0.1, 0.15) is 54.3 Å². The molecule has 0 spiro atoms. The molecule has 1 N–H and O–H groups in total. The third-order valence-corrected chi connectivity index (χ3v) is 5.60. The maximum atomic E-state index is 14.8. The van der Waals surface area contributed by atoms with Gasteiger partial charge in [-0.25, -0.2) is 19.3 Å². The number of halogens is 4. The molecule has 0 bridgehead atoms. The number of nitrogens with one attached hydrogen (secondary N) is 1. The van der Waals surface area contributed by atoms with E-state index in [2.05, 4.69) is 19.9 Å². The van der Waals surface area contributed by atoms with Crippen molar-refractivity contribution >= 4 is 16.9 Å². The highest BCUT2D eigenvalue weighted by atomic mass is 19.4. The van der Waals surface area contributed by atoms with E-state index >= 15 is 0 Å². The van der Waals surface area contributed by atoms with Crippen LogP contribution >= 0.6 is 0 Å². The molecule has 3 aromatic rings. The van der Waals surface area contributed by atoms with Crippen LogP contribution in [0.2, 0.25) is 0 Å². The zero-order valence-corrected chi connectivity index (χ0v) is 19.8. The van der Waals surface area contributed by atoms with Crippen LogP contribution in [0.5, 0.6) is 5.88 Å². The lowest BCUT2D eigenvalue weighted by molar-refractivity contribution is -0.142. The molecule has 13 heteroatoms. The fourth-order valence-corrected chi connectivity index (χ4v) is 4.11. The number of alkyl halides is 3. The van der Waals surface area contributed by atoms with Gasteiger partial charge in [-0.1, -0.05) is 0 Å². The number of aryl methyl sites for hydroxylation is 1. The van der Waals surface area contributed by atoms with Crippen molar-refractivity contribution in [1.29, 1.82) is 0 Å². The highest BCUT2D eigenvalue weighted by Crippen LogP contribution is 2.36. The number of fused-ring (bicyclic) bond motifs is 1. The highest BCUT2D eigenvalue weighted by molar-refractivity contribution is 5.94. The Morgan fingerprint density at radius 1 is 1.22 bits per heavy atom. The molecule has 0 aliphatic carbocycles. The molecule has 3 unspecified atom stereocenters. The summed E-state index contributed by atoms with van der Waals surface area (Å²) in [7, 11) is 0. The molecule has 4 rings (SSSR count). The van der Waals surface area contributed by atoms with E-state index in [9.17, 15) is 27.2 Å². The number of aromatic nitrogens is 4. The first-order chi connectivity index (χ1) is 16.8. The number of nitrogens with zero attached hydrogens (tertiary/aromatic N) is 4. The van der Waals surface area contributed by atoms with Crippen LogP contribution in [0, 0.1) is 12.7 Å². The zero-order valence-electron chi connectivity index (χ0n) is 19.8. The largest absolute Gasteiger partial charge is 0.468 e. The Morgan fingerprint density at radius 2 is 1.89 bits per heavy atom. The summed E-state index contributed by atoms with van der Waals surface area (Å²) in [4.78, 5) is 40.2. The first kappa shape index (κ1) is 25.5. The smallest absolute Gasteiger partial charge is 0.433 e. The molecule has 36 heavy (non-hydrogen) atoms. The van der Waals surface area contributed by atoms with Gasteiger partial charge >= 0.3 is 6.18 Å².